The number of hydrogen-bond donors (Lipinski definition) is 1. The van der Waals surface area contributed by atoms with Crippen molar-refractivity contribution in [1.82, 2.24) is 5.32 Å². The Kier molecular flexibility index (Phi) is 7.63. The van der Waals surface area contributed by atoms with Gasteiger partial charge in [0.2, 0.25) is 0 Å². The predicted molar refractivity (Wildman–Crippen MR) is 98.7 cm³/mol. The molecule has 0 saturated carbocycles. The van der Waals surface area contributed by atoms with Crippen molar-refractivity contribution >= 4 is 20.4 Å². The lowest BCUT2D eigenvalue weighted by Crippen LogP contribution is -2.49. The van der Waals surface area contributed by atoms with Gasteiger partial charge in [-0.1, -0.05) is 51.1 Å². The van der Waals surface area contributed by atoms with E-state index in [1.54, 1.807) is 0 Å². The lowest BCUT2D eigenvalue weighted by Gasteiger charge is -2.37. The number of nitrogens with one attached hydrogen (secondary N) is 1. The van der Waals surface area contributed by atoms with Crippen LogP contribution in [0.1, 0.15) is 26.3 Å². The van der Waals surface area contributed by atoms with Crippen molar-refractivity contribution in [2.75, 3.05) is 13.7 Å². The Labute approximate surface area is 151 Å². The third-order valence-electron chi connectivity index (χ3n) is 4.41. The molecule has 0 bridgehead atoms. The van der Waals surface area contributed by atoms with Crippen LogP contribution in [0.25, 0.3) is 0 Å². The summed E-state index contributed by atoms with van der Waals surface area (Å²) in [5.41, 5.74) is 0.866. The maximum Gasteiger partial charge on any atom is 0.408 e. The standard InChI is InChI=1S/C18H29NO5Si/c1-18(2,3)25(5,6)24-13-15(16(20)22-4)19-17(21)23-12-14-10-8-7-9-11-14/h7-11,15H,12-13H2,1-6H3,(H,19,21)/t15-/m0/s1. The molecule has 7 heteroatoms. The van der Waals surface area contributed by atoms with Gasteiger partial charge in [-0.2, -0.15) is 0 Å². The SMILES string of the molecule is COC(=O)[C@H](CO[Si](C)(C)C(C)(C)C)NC(=O)OCc1ccccc1. The molecule has 1 aromatic carbocycles. The van der Waals surface area contributed by atoms with Gasteiger partial charge in [-0.15, -0.1) is 0 Å². The summed E-state index contributed by atoms with van der Waals surface area (Å²) in [7, 11) is -0.772. The maximum absolute atomic E-state index is 12.0. The fraction of sp³-hybridized carbons (Fsp3) is 0.556. The zero-order valence-electron chi connectivity index (χ0n) is 15.9. The van der Waals surface area contributed by atoms with Crippen LogP contribution in [0.4, 0.5) is 4.79 Å². The third-order valence-corrected chi connectivity index (χ3v) is 8.91. The Morgan fingerprint density at radius 2 is 1.76 bits per heavy atom. The van der Waals surface area contributed by atoms with E-state index in [1.807, 2.05) is 30.3 Å². The summed E-state index contributed by atoms with van der Waals surface area (Å²) in [4.78, 5) is 23.9. The van der Waals surface area contributed by atoms with E-state index in [2.05, 4.69) is 39.2 Å². The van der Waals surface area contributed by atoms with Crippen molar-refractivity contribution in [2.24, 2.45) is 0 Å². The minimum Gasteiger partial charge on any atom is -0.467 e. The summed E-state index contributed by atoms with van der Waals surface area (Å²) in [6, 6.07) is 8.41. The Balaban J connectivity index is 2.61. The first-order chi connectivity index (χ1) is 11.6. The van der Waals surface area contributed by atoms with Crippen LogP contribution in [-0.4, -0.2) is 40.1 Å². The summed E-state index contributed by atoms with van der Waals surface area (Å²) >= 11 is 0. The highest BCUT2D eigenvalue weighted by Gasteiger charge is 2.38. The van der Waals surface area contributed by atoms with Crippen molar-refractivity contribution in [1.29, 1.82) is 0 Å². The second-order valence-electron chi connectivity index (χ2n) is 7.35. The van der Waals surface area contributed by atoms with E-state index in [9.17, 15) is 9.59 Å². The molecule has 0 saturated heterocycles. The summed E-state index contributed by atoms with van der Waals surface area (Å²) in [5.74, 6) is -0.560. The zero-order valence-corrected chi connectivity index (χ0v) is 16.9. The predicted octanol–water partition coefficient (Wildman–Crippen LogP) is 3.48. The Morgan fingerprint density at radius 3 is 2.28 bits per heavy atom. The number of amides is 1. The number of alkyl carbamates (subject to hydrolysis) is 1. The van der Waals surface area contributed by atoms with Gasteiger partial charge >= 0.3 is 12.1 Å². The van der Waals surface area contributed by atoms with Gasteiger partial charge in [-0.25, -0.2) is 9.59 Å². The van der Waals surface area contributed by atoms with Gasteiger partial charge in [-0.3, -0.25) is 0 Å². The number of esters is 1. The number of ether oxygens (including phenoxy) is 2. The normalized spacial score (nSPS) is 13.0. The molecule has 0 radical (unpaired) electrons. The van der Waals surface area contributed by atoms with Crippen LogP contribution < -0.4 is 5.32 Å². The molecule has 1 amide bonds. The molecule has 0 aliphatic carbocycles. The Bertz CT molecular complexity index is 569. The van der Waals surface area contributed by atoms with E-state index in [0.717, 1.165) is 5.56 Å². The molecule has 1 atom stereocenters. The molecule has 0 aromatic heterocycles. The number of carbonyl (C=O) groups excluding carboxylic acids is 2. The fourth-order valence-corrected chi connectivity index (χ4v) is 2.74. The van der Waals surface area contributed by atoms with Gasteiger partial charge in [0.15, 0.2) is 14.4 Å². The summed E-state index contributed by atoms with van der Waals surface area (Å²) in [5, 5.41) is 2.52. The molecule has 0 heterocycles. The maximum atomic E-state index is 12.0. The van der Waals surface area contributed by atoms with Gasteiger partial charge in [0, 0.05) is 0 Å². The van der Waals surface area contributed by atoms with Crippen LogP contribution in [0, 0.1) is 0 Å². The van der Waals surface area contributed by atoms with E-state index in [0.29, 0.717) is 0 Å². The van der Waals surface area contributed by atoms with Gasteiger partial charge in [-0.05, 0) is 23.7 Å². The number of benzene rings is 1. The molecule has 1 aromatic rings. The average molecular weight is 368 g/mol. The Hall–Kier alpha value is -1.86. The molecule has 0 spiro atoms. The van der Waals surface area contributed by atoms with Crippen molar-refractivity contribution in [3.05, 3.63) is 35.9 Å². The second kappa shape index (κ2) is 9.01. The monoisotopic (exact) mass is 367 g/mol. The molecule has 6 nitrogen and oxygen atoms in total. The zero-order chi connectivity index (χ0) is 19.1. The number of methoxy groups -OCH3 is 1. The first-order valence-corrected chi connectivity index (χ1v) is 11.2. The Morgan fingerprint density at radius 1 is 1.16 bits per heavy atom. The molecule has 140 valence electrons. The molecule has 25 heavy (non-hydrogen) atoms. The lowest BCUT2D eigenvalue weighted by atomic mass is 10.2. The fourth-order valence-electron chi connectivity index (χ4n) is 1.73. The third kappa shape index (κ3) is 6.87. The minimum atomic E-state index is -2.05. The molecule has 1 N–H and O–H groups in total. The molecular formula is C18H29NO5Si. The quantitative estimate of drug-likeness (QED) is 0.590. The van der Waals surface area contributed by atoms with Crippen molar-refractivity contribution in [3.63, 3.8) is 0 Å². The topological polar surface area (TPSA) is 73.9 Å². The van der Waals surface area contributed by atoms with Crippen molar-refractivity contribution in [3.8, 4) is 0 Å². The second-order valence-corrected chi connectivity index (χ2v) is 12.2. The van der Waals surface area contributed by atoms with Crippen LogP contribution >= 0.6 is 0 Å². The van der Waals surface area contributed by atoms with E-state index in [-0.39, 0.29) is 18.3 Å². The van der Waals surface area contributed by atoms with Crippen molar-refractivity contribution < 1.29 is 23.5 Å². The van der Waals surface area contributed by atoms with E-state index >= 15 is 0 Å². The van der Waals surface area contributed by atoms with E-state index in [1.165, 1.54) is 7.11 Å². The lowest BCUT2D eigenvalue weighted by molar-refractivity contribution is -0.143. The first kappa shape index (κ1) is 21.2. The van der Waals surface area contributed by atoms with Gasteiger partial charge in [0.25, 0.3) is 0 Å². The largest absolute Gasteiger partial charge is 0.467 e. The van der Waals surface area contributed by atoms with Gasteiger partial charge < -0.3 is 19.2 Å². The van der Waals surface area contributed by atoms with Crippen molar-refractivity contribution in [2.45, 2.75) is 51.6 Å². The van der Waals surface area contributed by atoms with Gasteiger partial charge in [0.05, 0.1) is 13.7 Å². The highest BCUT2D eigenvalue weighted by molar-refractivity contribution is 6.74. The molecule has 0 aliphatic heterocycles. The molecular weight excluding hydrogens is 338 g/mol. The summed E-state index contributed by atoms with van der Waals surface area (Å²) in [6.07, 6.45) is -0.682. The number of carbonyl (C=O) groups is 2. The summed E-state index contributed by atoms with van der Waals surface area (Å²) < 4.78 is 15.9. The average Bonchev–Trinajstić information content (AvgIpc) is 2.56. The number of rotatable bonds is 7. The highest BCUT2D eigenvalue weighted by Crippen LogP contribution is 2.36. The smallest absolute Gasteiger partial charge is 0.408 e. The molecule has 0 fully saturated rings. The summed E-state index contributed by atoms with van der Waals surface area (Å²) in [6.45, 7) is 10.7. The van der Waals surface area contributed by atoms with E-state index < -0.39 is 26.4 Å². The van der Waals surface area contributed by atoms with Crippen LogP contribution in [0.3, 0.4) is 0 Å². The van der Waals surface area contributed by atoms with Crippen LogP contribution in [-0.2, 0) is 25.3 Å². The number of hydrogen-bond acceptors (Lipinski definition) is 5. The highest BCUT2D eigenvalue weighted by atomic mass is 28.4. The van der Waals surface area contributed by atoms with Crippen LogP contribution in [0.15, 0.2) is 30.3 Å². The van der Waals surface area contributed by atoms with Crippen LogP contribution in [0.2, 0.25) is 18.1 Å². The van der Waals surface area contributed by atoms with Crippen LogP contribution in [0.5, 0.6) is 0 Å². The minimum absolute atomic E-state index is 0.00148. The molecule has 0 unspecified atom stereocenters. The van der Waals surface area contributed by atoms with Gasteiger partial charge in [0.1, 0.15) is 6.61 Å². The molecule has 0 aliphatic rings. The first-order valence-electron chi connectivity index (χ1n) is 8.26. The van der Waals surface area contributed by atoms with E-state index in [4.69, 9.17) is 13.9 Å². The molecule has 1 rings (SSSR count).